The first-order valence-corrected chi connectivity index (χ1v) is 9.42. The summed E-state index contributed by atoms with van der Waals surface area (Å²) in [6.07, 6.45) is 0. The van der Waals surface area contributed by atoms with Crippen LogP contribution < -0.4 is 14.8 Å². The second-order valence-electron chi connectivity index (χ2n) is 6.48. The second-order valence-corrected chi connectivity index (χ2v) is 6.48. The average Bonchev–Trinajstić information content (AvgIpc) is 2.75. The van der Waals surface area contributed by atoms with Gasteiger partial charge in [0.25, 0.3) is 0 Å². The summed E-state index contributed by atoms with van der Waals surface area (Å²) in [5.74, 6) is -0.253. The van der Waals surface area contributed by atoms with Crippen LogP contribution in [0.15, 0.2) is 59.8 Å². The van der Waals surface area contributed by atoms with Crippen molar-refractivity contribution in [3.8, 4) is 11.5 Å². The first kappa shape index (κ1) is 21.2. The van der Waals surface area contributed by atoms with Gasteiger partial charge in [-0.15, -0.1) is 0 Å². The highest BCUT2D eigenvalue weighted by Gasteiger charge is 2.38. The molecule has 0 aliphatic carbocycles. The zero-order chi connectivity index (χ0) is 21.7. The third-order valence-electron chi connectivity index (χ3n) is 4.72. The Labute approximate surface area is 174 Å². The van der Waals surface area contributed by atoms with Gasteiger partial charge in [-0.2, -0.15) is 0 Å². The number of esters is 1. The fourth-order valence-corrected chi connectivity index (χ4v) is 3.21. The number of amides is 2. The number of rotatable bonds is 7. The van der Waals surface area contributed by atoms with Crippen molar-refractivity contribution in [3.63, 3.8) is 0 Å². The van der Waals surface area contributed by atoms with E-state index >= 15 is 0 Å². The maximum Gasteiger partial charge on any atom is 0.338 e. The van der Waals surface area contributed by atoms with Crippen LogP contribution in [0.1, 0.15) is 18.5 Å². The van der Waals surface area contributed by atoms with Gasteiger partial charge >= 0.3 is 12.0 Å². The molecule has 0 saturated carbocycles. The number of carbonyl (C=O) groups excluding carboxylic acids is 2. The van der Waals surface area contributed by atoms with Crippen molar-refractivity contribution >= 4 is 12.0 Å². The molecule has 0 aromatic heterocycles. The maximum atomic E-state index is 14.5. The molecule has 2 aromatic carbocycles. The summed E-state index contributed by atoms with van der Waals surface area (Å²) in [6, 6.07) is 11.5. The number of carbonyl (C=O) groups is 2. The number of hydrogen-bond acceptors (Lipinski definition) is 5. The predicted molar refractivity (Wildman–Crippen MR) is 108 cm³/mol. The number of urea groups is 1. The quantitative estimate of drug-likeness (QED) is 0.703. The van der Waals surface area contributed by atoms with Gasteiger partial charge in [0.2, 0.25) is 0 Å². The van der Waals surface area contributed by atoms with Crippen LogP contribution >= 0.6 is 0 Å². The molecule has 0 spiro atoms. The first-order valence-electron chi connectivity index (χ1n) is 9.42. The van der Waals surface area contributed by atoms with Gasteiger partial charge in [-0.25, -0.2) is 14.0 Å². The third kappa shape index (κ3) is 4.22. The molecule has 1 N–H and O–H groups in total. The van der Waals surface area contributed by atoms with Crippen LogP contribution in [0.3, 0.4) is 0 Å². The molecule has 8 heteroatoms. The highest BCUT2D eigenvalue weighted by molar-refractivity contribution is 5.95. The van der Waals surface area contributed by atoms with E-state index in [1.54, 1.807) is 37.3 Å². The van der Waals surface area contributed by atoms with Crippen molar-refractivity contribution in [2.75, 3.05) is 27.4 Å². The molecule has 0 fully saturated rings. The summed E-state index contributed by atoms with van der Waals surface area (Å²) >= 11 is 0. The van der Waals surface area contributed by atoms with E-state index in [1.165, 1.54) is 37.3 Å². The molecule has 1 aliphatic heterocycles. The van der Waals surface area contributed by atoms with Crippen LogP contribution in [0.2, 0.25) is 0 Å². The zero-order valence-corrected chi connectivity index (χ0v) is 17.0. The molecule has 1 heterocycles. The Balaban J connectivity index is 2.06. The normalized spacial score (nSPS) is 16.2. The molecule has 30 heavy (non-hydrogen) atoms. The van der Waals surface area contributed by atoms with Crippen molar-refractivity contribution in [1.29, 1.82) is 0 Å². The zero-order valence-electron chi connectivity index (χ0n) is 17.0. The largest absolute Gasteiger partial charge is 0.493 e. The number of halogens is 1. The summed E-state index contributed by atoms with van der Waals surface area (Å²) in [7, 11) is 3.02. The minimum Gasteiger partial charge on any atom is -0.493 e. The fourth-order valence-electron chi connectivity index (χ4n) is 3.21. The Bertz CT molecular complexity index is 976. The van der Waals surface area contributed by atoms with Gasteiger partial charge < -0.3 is 19.5 Å². The highest BCUT2D eigenvalue weighted by Crippen LogP contribution is 2.33. The summed E-state index contributed by atoms with van der Waals surface area (Å²) in [4.78, 5) is 26.7. The van der Waals surface area contributed by atoms with Crippen molar-refractivity contribution in [3.05, 3.63) is 71.2 Å². The predicted octanol–water partition coefficient (Wildman–Crippen LogP) is 3.43. The minimum atomic E-state index is -1.01. The van der Waals surface area contributed by atoms with Gasteiger partial charge in [-0.1, -0.05) is 30.3 Å². The molecule has 1 atom stereocenters. The molecule has 1 aliphatic rings. The Morgan fingerprint density at radius 3 is 2.47 bits per heavy atom. The summed E-state index contributed by atoms with van der Waals surface area (Å²) in [5, 5.41) is 2.67. The van der Waals surface area contributed by atoms with Crippen LogP contribution in [-0.2, 0) is 9.53 Å². The molecule has 0 saturated heterocycles. The van der Waals surface area contributed by atoms with Gasteiger partial charge in [0.1, 0.15) is 12.4 Å². The number of hydrogen-bond donors (Lipinski definition) is 1. The second kappa shape index (κ2) is 9.30. The van der Waals surface area contributed by atoms with Gasteiger partial charge in [0.15, 0.2) is 11.5 Å². The number of para-hydroxylation sites is 2. The fraction of sp³-hybridized carbons (Fsp3) is 0.273. The molecule has 2 amide bonds. The van der Waals surface area contributed by atoms with Crippen LogP contribution in [0.4, 0.5) is 9.18 Å². The average molecular weight is 414 g/mol. The Kier molecular flexibility index (Phi) is 6.56. The number of nitrogens with one attached hydrogen (secondary N) is 1. The van der Waals surface area contributed by atoms with Crippen LogP contribution in [0.5, 0.6) is 11.5 Å². The van der Waals surface area contributed by atoms with E-state index in [0.717, 1.165) is 0 Å². The van der Waals surface area contributed by atoms with Crippen LogP contribution in [-0.4, -0.2) is 44.3 Å². The van der Waals surface area contributed by atoms with E-state index in [4.69, 9.17) is 14.2 Å². The summed E-state index contributed by atoms with van der Waals surface area (Å²) in [5.41, 5.74) is 0.548. The first-order chi connectivity index (χ1) is 14.5. The Morgan fingerprint density at radius 1 is 1.13 bits per heavy atom. The molecule has 0 radical (unpaired) electrons. The van der Waals surface area contributed by atoms with Crippen molar-refractivity contribution in [2.24, 2.45) is 0 Å². The minimum absolute atomic E-state index is 0.110. The molecule has 0 bridgehead atoms. The number of methoxy groups -OCH3 is 1. The maximum absolute atomic E-state index is 14.5. The molecular formula is C22H23FN2O5. The van der Waals surface area contributed by atoms with Gasteiger partial charge in [0, 0.05) is 12.6 Å². The van der Waals surface area contributed by atoms with Crippen LogP contribution in [0.25, 0.3) is 0 Å². The lowest BCUT2D eigenvalue weighted by molar-refractivity contribution is -0.139. The smallest absolute Gasteiger partial charge is 0.338 e. The van der Waals surface area contributed by atoms with E-state index in [-0.39, 0.29) is 30.0 Å². The van der Waals surface area contributed by atoms with Crippen molar-refractivity contribution in [2.45, 2.75) is 13.0 Å². The van der Waals surface area contributed by atoms with Crippen LogP contribution in [0, 0.1) is 5.82 Å². The van der Waals surface area contributed by atoms with E-state index < -0.39 is 23.9 Å². The van der Waals surface area contributed by atoms with Gasteiger partial charge in [-0.05, 0) is 25.1 Å². The SMILES string of the molecule is CCOC(=O)C1=C(COc2ccccc2OC)N(C)C(=O)N[C@@H]1c1ccccc1F. The topological polar surface area (TPSA) is 77.1 Å². The number of ether oxygens (including phenoxy) is 3. The monoisotopic (exact) mass is 414 g/mol. The molecule has 2 aromatic rings. The summed E-state index contributed by atoms with van der Waals surface area (Å²) in [6.45, 7) is 1.68. The van der Waals surface area contributed by atoms with E-state index in [2.05, 4.69) is 5.32 Å². The Morgan fingerprint density at radius 2 is 1.80 bits per heavy atom. The lowest BCUT2D eigenvalue weighted by Gasteiger charge is -2.34. The lowest BCUT2D eigenvalue weighted by Crippen LogP contribution is -2.48. The number of benzene rings is 2. The van der Waals surface area contributed by atoms with E-state index in [1.807, 2.05) is 0 Å². The highest BCUT2D eigenvalue weighted by atomic mass is 19.1. The van der Waals surface area contributed by atoms with Crippen molar-refractivity contribution in [1.82, 2.24) is 10.2 Å². The van der Waals surface area contributed by atoms with E-state index in [0.29, 0.717) is 11.5 Å². The third-order valence-corrected chi connectivity index (χ3v) is 4.72. The lowest BCUT2D eigenvalue weighted by atomic mass is 9.94. The Hall–Kier alpha value is -3.55. The number of likely N-dealkylation sites (N-methyl/N-ethyl adjacent to an activating group) is 1. The number of nitrogens with zero attached hydrogens (tertiary/aromatic N) is 1. The molecular weight excluding hydrogens is 391 g/mol. The molecule has 0 unspecified atom stereocenters. The van der Waals surface area contributed by atoms with E-state index in [9.17, 15) is 14.0 Å². The van der Waals surface area contributed by atoms with Crippen molar-refractivity contribution < 1.29 is 28.2 Å². The summed E-state index contributed by atoms with van der Waals surface area (Å²) < 4.78 is 30.8. The molecule has 158 valence electrons. The molecule has 7 nitrogen and oxygen atoms in total. The van der Waals surface area contributed by atoms with Gasteiger partial charge in [-0.3, -0.25) is 4.90 Å². The van der Waals surface area contributed by atoms with Gasteiger partial charge in [0.05, 0.1) is 31.0 Å². The standard InChI is InChI=1S/C22H23FN2O5/c1-4-29-21(26)19-16(13-30-18-12-8-7-11-17(18)28-3)25(2)22(27)24-20(19)14-9-5-6-10-15(14)23/h5-12,20H,4,13H2,1-3H3,(H,24,27)/t20-/m1/s1. The molecule has 3 rings (SSSR count).